The maximum Gasteiger partial charge on any atom is 0.407 e. The first-order chi connectivity index (χ1) is 8.09. The van der Waals surface area contributed by atoms with E-state index in [-0.39, 0.29) is 23.9 Å². The Hall–Kier alpha value is -2.11. The van der Waals surface area contributed by atoms with Gasteiger partial charge in [-0.1, -0.05) is 30.3 Å². The molecule has 1 aliphatic rings. The molecule has 2 atom stereocenters. The van der Waals surface area contributed by atoms with Crippen LogP contribution in [0.3, 0.4) is 0 Å². The minimum atomic E-state index is -1.10. The van der Waals surface area contributed by atoms with Crippen LogP contribution >= 0.6 is 0 Å². The van der Waals surface area contributed by atoms with Crippen molar-refractivity contribution < 1.29 is 14.8 Å². The monoisotopic (exact) mass is 236 g/mol. The third-order valence-corrected chi connectivity index (χ3v) is 3.06. The zero-order chi connectivity index (χ0) is 12.4. The second-order valence-electron chi connectivity index (χ2n) is 4.06. The quantitative estimate of drug-likeness (QED) is 0.621. The Labute approximate surface area is 97.6 Å². The van der Waals surface area contributed by atoms with Gasteiger partial charge in [0.1, 0.15) is 0 Å². The molecular weight excluding hydrogens is 224 g/mol. The molecule has 6 nitrogen and oxygen atoms in total. The number of rotatable bonds is 2. The minimum Gasteiger partial charge on any atom is -0.465 e. The molecule has 0 spiro atoms. The third kappa shape index (κ3) is 2.20. The van der Waals surface area contributed by atoms with Crippen molar-refractivity contribution >= 4 is 6.09 Å². The first-order valence-electron chi connectivity index (χ1n) is 5.26. The van der Waals surface area contributed by atoms with Crippen molar-refractivity contribution in [3.05, 3.63) is 46.0 Å². The number of nitrogens with zero attached hydrogens (tertiary/aromatic N) is 2. The number of hydrogen-bond acceptors (Lipinski definition) is 3. The van der Waals surface area contributed by atoms with Crippen LogP contribution < -0.4 is 0 Å². The predicted octanol–water partition coefficient (Wildman–Crippen LogP) is 1.41. The Morgan fingerprint density at radius 1 is 1.35 bits per heavy atom. The van der Waals surface area contributed by atoms with Crippen molar-refractivity contribution in [1.82, 2.24) is 4.90 Å². The van der Waals surface area contributed by atoms with Crippen molar-refractivity contribution in [2.75, 3.05) is 13.1 Å². The van der Waals surface area contributed by atoms with Gasteiger partial charge in [-0.3, -0.25) is 10.1 Å². The Bertz CT molecular complexity index is 434. The van der Waals surface area contributed by atoms with Gasteiger partial charge in [0.2, 0.25) is 6.04 Å². The van der Waals surface area contributed by atoms with Gasteiger partial charge in [-0.2, -0.15) is 0 Å². The van der Waals surface area contributed by atoms with Crippen LogP contribution in [-0.2, 0) is 0 Å². The summed E-state index contributed by atoms with van der Waals surface area (Å²) in [7, 11) is 0. The fourth-order valence-electron chi connectivity index (χ4n) is 2.18. The molecule has 1 aromatic rings. The molecule has 0 radical (unpaired) electrons. The van der Waals surface area contributed by atoms with E-state index in [4.69, 9.17) is 5.11 Å². The van der Waals surface area contributed by atoms with Gasteiger partial charge in [0, 0.05) is 11.5 Å². The van der Waals surface area contributed by atoms with Crippen LogP contribution in [0.4, 0.5) is 4.79 Å². The molecule has 1 N–H and O–H groups in total. The molecule has 17 heavy (non-hydrogen) atoms. The first-order valence-corrected chi connectivity index (χ1v) is 5.26. The highest BCUT2D eigenvalue weighted by atomic mass is 16.6. The molecular formula is C11H12N2O4. The summed E-state index contributed by atoms with van der Waals surface area (Å²) in [5.74, 6) is -0.359. The summed E-state index contributed by atoms with van der Waals surface area (Å²) in [5, 5.41) is 19.8. The maximum absolute atomic E-state index is 10.9. The van der Waals surface area contributed by atoms with Crippen LogP contribution in [0, 0.1) is 10.1 Å². The van der Waals surface area contributed by atoms with Gasteiger partial charge < -0.3 is 10.0 Å². The second-order valence-corrected chi connectivity index (χ2v) is 4.06. The average molecular weight is 236 g/mol. The molecule has 0 unspecified atom stereocenters. The number of carboxylic acid groups (broad SMARTS) is 1. The number of amides is 1. The Balaban J connectivity index is 2.26. The average Bonchev–Trinajstić information content (AvgIpc) is 2.75. The van der Waals surface area contributed by atoms with E-state index in [1.54, 1.807) is 24.3 Å². The topological polar surface area (TPSA) is 83.7 Å². The number of carbonyl (C=O) groups is 1. The molecule has 2 rings (SSSR count). The van der Waals surface area contributed by atoms with E-state index in [9.17, 15) is 14.9 Å². The van der Waals surface area contributed by atoms with E-state index < -0.39 is 12.1 Å². The van der Waals surface area contributed by atoms with Crippen molar-refractivity contribution in [2.24, 2.45) is 0 Å². The second kappa shape index (κ2) is 4.40. The predicted molar refractivity (Wildman–Crippen MR) is 59.6 cm³/mol. The third-order valence-electron chi connectivity index (χ3n) is 3.06. The largest absolute Gasteiger partial charge is 0.465 e. The van der Waals surface area contributed by atoms with Crippen LogP contribution in [0.2, 0.25) is 0 Å². The Morgan fingerprint density at radius 2 is 2.00 bits per heavy atom. The van der Waals surface area contributed by atoms with E-state index >= 15 is 0 Å². The van der Waals surface area contributed by atoms with Gasteiger partial charge in [-0.25, -0.2) is 4.79 Å². The minimum absolute atomic E-state index is 0.0398. The van der Waals surface area contributed by atoms with Crippen molar-refractivity contribution in [1.29, 1.82) is 0 Å². The summed E-state index contributed by atoms with van der Waals surface area (Å²) in [6, 6.07) is 8.17. The summed E-state index contributed by atoms with van der Waals surface area (Å²) in [6.07, 6.45) is -1.10. The zero-order valence-corrected chi connectivity index (χ0v) is 9.02. The lowest BCUT2D eigenvalue weighted by atomic mass is 9.95. The molecule has 0 aliphatic carbocycles. The number of nitro groups is 1. The lowest BCUT2D eigenvalue weighted by Crippen LogP contribution is -2.30. The van der Waals surface area contributed by atoms with Gasteiger partial charge in [0.05, 0.1) is 12.5 Å². The lowest BCUT2D eigenvalue weighted by molar-refractivity contribution is -0.520. The molecule has 6 heteroatoms. The highest BCUT2D eigenvalue weighted by Gasteiger charge is 2.43. The fourth-order valence-corrected chi connectivity index (χ4v) is 2.18. The molecule has 0 aromatic heterocycles. The van der Waals surface area contributed by atoms with E-state index in [0.29, 0.717) is 0 Å². The van der Waals surface area contributed by atoms with Crippen LogP contribution in [0.5, 0.6) is 0 Å². The first kappa shape index (κ1) is 11.4. The van der Waals surface area contributed by atoms with Gasteiger partial charge in [-0.15, -0.1) is 0 Å². The van der Waals surface area contributed by atoms with E-state index in [2.05, 4.69) is 0 Å². The van der Waals surface area contributed by atoms with Crippen LogP contribution in [0.15, 0.2) is 30.3 Å². The Morgan fingerprint density at radius 3 is 2.53 bits per heavy atom. The molecule has 1 fully saturated rings. The maximum atomic E-state index is 10.9. The highest BCUT2D eigenvalue weighted by molar-refractivity contribution is 5.65. The van der Waals surface area contributed by atoms with Crippen molar-refractivity contribution in [3.63, 3.8) is 0 Å². The summed E-state index contributed by atoms with van der Waals surface area (Å²) < 4.78 is 0. The summed E-state index contributed by atoms with van der Waals surface area (Å²) in [5.41, 5.74) is 0.818. The van der Waals surface area contributed by atoms with Crippen LogP contribution in [0.25, 0.3) is 0 Å². The van der Waals surface area contributed by atoms with Crippen LogP contribution in [0.1, 0.15) is 11.5 Å². The Kier molecular flexibility index (Phi) is 2.95. The van der Waals surface area contributed by atoms with E-state index in [1.807, 2.05) is 6.07 Å². The van der Waals surface area contributed by atoms with E-state index in [1.165, 1.54) is 0 Å². The summed E-state index contributed by atoms with van der Waals surface area (Å²) >= 11 is 0. The number of benzene rings is 1. The van der Waals surface area contributed by atoms with Crippen molar-refractivity contribution in [2.45, 2.75) is 12.0 Å². The molecule has 90 valence electrons. The van der Waals surface area contributed by atoms with Crippen molar-refractivity contribution in [3.8, 4) is 0 Å². The van der Waals surface area contributed by atoms with Gasteiger partial charge in [0.25, 0.3) is 0 Å². The molecule has 1 heterocycles. The highest BCUT2D eigenvalue weighted by Crippen LogP contribution is 2.29. The molecule has 1 aromatic carbocycles. The molecule has 0 bridgehead atoms. The summed E-state index contributed by atoms with van der Waals surface area (Å²) in [4.78, 5) is 22.5. The smallest absolute Gasteiger partial charge is 0.407 e. The fraction of sp³-hybridized carbons (Fsp3) is 0.364. The van der Waals surface area contributed by atoms with Gasteiger partial charge in [0.15, 0.2) is 0 Å². The van der Waals surface area contributed by atoms with E-state index in [0.717, 1.165) is 10.5 Å². The van der Waals surface area contributed by atoms with Gasteiger partial charge >= 0.3 is 6.09 Å². The summed E-state index contributed by atoms with van der Waals surface area (Å²) in [6.45, 7) is 0.146. The molecule has 1 saturated heterocycles. The molecule has 0 saturated carbocycles. The SMILES string of the molecule is O=C(O)N1C[C@H](c2ccccc2)[C@@H]([N+](=O)[O-])C1. The zero-order valence-electron chi connectivity index (χ0n) is 9.02. The number of likely N-dealkylation sites (tertiary alicyclic amines) is 1. The standard InChI is InChI=1S/C11H12N2O4/c14-11(15)12-6-9(10(7-12)13(16)17)8-4-2-1-3-5-8/h1-5,9-10H,6-7H2,(H,14,15)/t9-,10+/m1/s1. The van der Waals surface area contributed by atoms with Crippen LogP contribution in [-0.4, -0.2) is 40.2 Å². The lowest BCUT2D eigenvalue weighted by Gasteiger charge is -2.11. The normalized spacial score (nSPS) is 23.6. The van der Waals surface area contributed by atoms with Gasteiger partial charge in [-0.05, 0) is 5.56 Å². The molecule has 1 amide bonds. The molecule has 1 aliphatic heterocycles. The number of hydrogen-bond donors (Lipinski definition) is 1.